The summed E-state index contributed by atoms with van der Waals surface area (Å²) in [5, 5.41) is 0. The lowest BCUT2D eigenvalue weighted by molar-refractivity contribution is 0.628. The third kappa shape index (κ3) is 1.96. The molecule has 0 amide bonds. The number of aromatic amines is 1. The van der Waals surface area contributed by atoms with E-state index in [4.69, 9.17) is 0 Å². The largest absolute Gasteiger partial charge is 0.322 e. The van der Waals surface area contributed by atoms with E-state index in [1.807, 2.05) is 0 Å². The molecular weight excluding hydrogens is 193 g/mol. The molecule has 15 heavy (non-hydrogen) atoms. The van der Waals surface area contributed by atoms with E-state index in [1.165, 1.54) is 12.1 Å². The van der Waals surface area contributed by atoms with Crippen LogP contribution in [0.4, 0.5) is 4.39 Å². The van der Waals surface area contributed by atoms with Gasteiger partial charge in [0.2, 0.25) is 0 Å². The topological polar surface area (TPSA) is 32.9 Å². The SMILES string of the molecule is Cc1ccc(-c2cccc(F)c2)[nH]c1=O. The predicted octanol–water partition coefficient (Wildman–Crippen LogP) is 2.49. The maximum Gasteiger partial charge on any atom is 0.251 e. The van der Waals surface area contributed by atoms with Crippen molar-refractivity contribution in [3.63, 3.8) is 0 Å². The summed E-state index contributed by atoms with van der Waals surface area (Å²) in [4.78, 5) is 14.0. The molecule has 1 heterocycles. The van der Waals surface area contributed by atoms with E-state index in [-0.39, 0.29) is 11.4 Å². The Labute approximate surface area is 86.4 Å². The van der Waals surface area contributed by atoms with E-state index in [1.54, 1.807) is 31.2 Å². The summed E-state index contributed by atoms with van der Waals surface area (Å²) in [5.74, 6) is -0.311. The van der Waals surface area contributed by atoms with Crippen LogP contribution >= 0.6 is 0 Å². The molecule has 0 aliphatic rings. The Morgan fingerprint density at radius 2 is 2.00 bits per heavy atom. The van der Waals surface area contributed by atoms with Gasteiger partial charge in [-0.2, -0.15) is 0 Å². The van der Waals surface area contributed by atoms with Crippen molar-refractivity contribution in [3.8, 4) is 11.3 Å². The maximum atomic E-state index is 12.9. The first-order valence-electron chi connectivity index (χ1n) is 4.63. The molecule has 2 nitrogen and oxygen atoms in total. The summed E-state index contributed by atoms with van der Waals surface area (Å²) < 4.78 is 12.9. The van der Waals surface area contributed by atoms with Gasteiger partial charge in [0.15, 0.2) is 0 Å². The molecule has 0 aliphatic heterocycles. The van der Waals surface area contributed by atoms with Crippen LogP contribution in [0.5, 0.6) is 0 Å². The van der Waals surface area contributed by atoms with E-state index >= 15 is 0 Å². The van der Waals surface area contributed by atoms with E-state index in [0.29, 0.717) is 16.8 Å². The van der Waals surface area contributed by atoms with E-state index in [2.05, 4.69) is 4.98 Å². The monoisotopic (exact) mass is 203 g/mol. The zero-order valence-electron chi connectivity index (χ0n) is 8.25. The van der Waals surface area contributed by atoms with Crippen molar-refractivity contribution in [2.75, 3.05) is 0 Å². The van der Waals surface area contributed by atoms with Crippen molar-refractivity contribution in [2.24, 2.45) is 0 Å². The van der Waals surface area contributed by atoms with Crippen LogP contribution in [0.15, 0.2) is 41.2 Å². The minimum Gasteiger partial charge on any atom is -0.322 e. The Morgan fingerprint density at radius 3 is 2.67 bits per heavy atom. The fraction of sp³-hybridized carbons (Fsp3) is 0.0833. The average Bonchev–Trinajstić information content (AvgIpc) is 2.22. The van der Waals surface area contributed by atoms with E-state index in [9.17, 15) is 9.18 Å². The summed E-state index contributed by atoms with van der Waals surface area (Å²) in [6, 6.07) is 9.62. The number of hydrogen-bond acceptors (Lipinski definition) is 1. The number of aryl methyl sites for hydroxylation is 1. The molecule has 2 aromatic rings. The van der Waals surface area contributed by atoms with Crippen LogP contribution in [-0.2, 0) is 0 Å². The highest BCUT2D eigenvalue weighted by atomic mass is 19.1. The van der Waals surface area contributed by atoms with Crippen LogP contribution < -0.4 is 5.56 Å². The first-order chi connectivity index (χ1) is 7.16. The Balaban J connectivity index is 2.55. The Morgan fingerprint density at radius 1 is 1.20 bits per heavy atom. The van der Waals surface area contributed by atoms with Gasteiger partial charge in [0, 0.05) is 16.8 Å². The minimum atomic E-state index is -0.311. The Bertz CT molecular complexity index is 545. The molecule has 0 radical (unpaired) electrons. The molecule has 3 heteroatoms. The van der Waals surface area contributed by atoms with Crippen molar-refractivity contribution < 1.29 is 4.39 Å². The van der Waals surface area contributed by atoms with Crippen molar-refractivity contribution in [2.45, 2.75) is 6.92 Å². The summed E-state index contributed by atoms with van der Waals surface area (Å²) in [5.41, 5.74) is 1.81. The van der Waals surface area contributed by atoms with Crippen LogP contribution in [0, 0.1) is 12.7 Å². The zero-order valence-corrected chi connectivity index (χ0v) is 8.25. The molecule has 0 saturated heterocycles. The molecule has 0 saturated carbocycles. The molecule has 76 valence electrons. The smallest absolute Gasteiger partial charge is 0.251 e. The summed E-state index contributed by atoms with van der Waals surface area (Å²) in [7, 11) is 0. The average molecular weight is 203 g/mol. The lowest BCUT2D eigenvalue weighted by Crippen LogP contribution is -2.09. The first kappa shape index (κ1) is 9.65. The van der Waals surface area contributed by atoms with Gasteiger partial charge < -0.3 is 4.98 Å². The second-order valence-corrected chi connectivity index (χ2v) is 3.39. The highest BCUT2D eigenvalue weighted by Gasteiger charge is 2.00. The molecule has 1 N–H and O–H groups in total. The van der Waals surface area contributed by atoms with Gasteiger partial charge in [-0.3, -0.25) is 4.79 Å². The number of nitrogens with one attached hydrogen (secondary N) is 1. The normalized spacial score (nSPS) is 10.3. The molecule has 0 unspecified atom stereocenters. The Kier molecular flexibility index (Phi) is 2.37. The summed E-state index contributed by atoms with van der Waals surface area (Å²) in [6.45, 7) is 1.73. The van der Waals surface area contributed by atoms with Crippen molar-refractivity contribution >= 4 is 0 Å². The standard InChI is InChI=1S/C12H10FNO/c1-8-5-6-11(14-12(8)15)9-3-2-4-10(13)7-9/h2-7H,1H3,(H,14,15). The van der Waals surface area contributed by atoms with Gasteiger partial charge >= 0.3 is 0 Å². The fourth-order valence-corrected chi connectivity index (χ4v) is 1.37. The maximum absolute atomic E-state index is 12.9. The number of pyridine rings is 1. The molecule has 1 aromatic heterocycles. The van der Waals surface area contributed by atoms with Crippen LogP contribution in [-0.4, -0.2) is 4.98 Å². The molecule has 0 spiro atoms. The van der Waals surface area contributed by atoms with Crippen LogP contribution in [0.2, 0.25) is 0 Å². The van der Waals surface area contributed by atoms with Crippen LogP contribution in [0.1, 0.15) is 5.56 Å². The molecule has 0 fully saturated rings. The molecule has 0 aliphatic carbocycles. The third-order valence-corrected chi connectivity index (χ3v) is 2.24. The van der Waals surface area contributed by atoms with Gasteiger partial charge in [-0.05, 0) is 25.1 Å². The van der Waals surface area contributed by atoms with Crippen molar-refractivity contribution in [1.82, 2.24) is 4.98 Å². The highest BCUT2D eigenvalue weighted by Crippen LogP contribution is 2.16. The van der Waals surface area contributed by atoms with Gasteiger partial charge in [0.25, 0.3) is 5.56 Å². The number of halogens is 1. The van der Waals surface area contributed by atoms with Gasteiger partial charge in [-0.15, -0.1) is 0 Å². The number of aromatic nitrogens is 1. The predicted molar refractivity (Wildman–Crippen MR) is 57.2 cm³/mol. The van der Waals surface area contributed by atoms with Crippen molar-refractivity contribution in [1.29, 1.82) is 0 Å². The van der Waals surface area contributed by atoms with E-state index < -0.39 is 0 Å². The van der Waals surface area contributed by atoms with Crippen molar-refractivity contribution in [3.05, 3.63) is 58.1 Å². The van der Waals surface area contributed by atoms with E-state index in [0.717, 1.165) is 0 Å². The number of benzene rings is 1. The lowest BCUT2D eigenvalue weighted by atomic mass is 10.1. The van der Waals surface area contributed by atoms with Gasteiger partial charge in [0.05, 0.1) is 0 Å². The summed E-state index contributed by atoms with van der Waals surface area (Å²) in [6.07, 6.45) is 0. The van der Waals surface area contributed by atoms with Crippen LogP contribution in [0.25, 0.3) is 11.3 Å². The van der Waals surface area contributed by atoms with Gasteiger partial charge in [-0.1, -0.05) is 18.2 Å². The fourth-order valence-electron chi connectivity index (χ4n) is 1.37. The quantitative estimate of drug-likeness (QED) is 0.758. The van der Waals surface area contributed by atoms with Crippen LogP contribution in [0.3, 0.4) is 0 Å². The second-order valence-electron chi connectivity index (χ2n) is 3.39. The highest BCUT2D eigenvalue weighted by molar-refractivity contribution is 5.58. The van der Waals surface area contributed by atoms with Gasteiger partial charge in [-0.25, -0.2) is 4.39 Å². The minimum absolute atomic E-state index is 0.142. The number of hydrogen-bond donors (Lipinski definition) is 1. The Hall–Kier alpha value is -1.90. The second kappa shape index (κ2) is 3.69. The van der Waals surface area contributed by atoms with Gasteiger partial charge in [0.1, 0.15) is 5.82 Å². The number of H-pyrrole nitrogens is 1. The first-order valence-corrected chi connectivity index (χ1v) is 4.63. The number of rotatable bonds is 1. The summed E-state index contributed by atoms with van der Waals surface area (Å²) >= 11 is 0. The zero-order chi connectivity index (χ0) is 10.8. The third-order valence-electron chi connectivity index (χ3n) is 2.24. The molecule has 0 bridgehead atoms. The molecule has 1 aromatic carbocycles. The molecule has 0 atom stereocenters. The molecular formula is C12H10FNO. The molecule has 2 rings (SSSR count). The lowest BCUT2D eigenvalue weighted by Gasteiger charge is -2.01.